The molecule has 1 aliphatic rings. The summed E-state index contributed by atoms with van der Waals surface area (Å²) in [5, 5.41) is 14.4. The van der Waals surface area contributed by atoms with Gasteiger partial charge >= 0.3 is 0 Å². The molecule has 0 unspecified atom stereocenters. The molecule has 8 heteroatoms. The lowest BCUT2D eigenvalue weighted by Crippen LogP contribution is -2.29. The van der Waals surface area contributed by atoms with Crippen LogP contribution >= 0.6 is 0 Å². The normalized spacial score (nSPS) is 15.2. The Labute approximate surface area is 186 Å². The van der Waals surface area contributed by atoms with Crippen LogP contribution in [0.4, 0.5) is 5.95 Å². The quantitative estimate of drug-likeness (QED) is 0.420. The molecule has 0 atom stereocenters. The molecule has 32 heavy (non-hydrogen) atoms. The van der Waals surface area contributed by atoms with Crippen molar-refractivity contribution in [2.45, 2.75) is 37.7 Å². The summed E-state index contributed by atoms with van der Waals surface area (Å²) >= 11 is 0. The Morgan fingerprint density at radius 3 is 2.84 bits per heavy atom. The average Bonchev–Trinajstić information content (AvgIpc) is 3.17. The third-order valence-corrected chi connectivity index (χ3v) is 5.64. The molecule has 0 saturated heterocycles. The topological polar surface area (TPSA) is 115 Å². The summed E-state index contributed by atoms with van der Waals surface area (Å²) in [6.45, 7) is 0.799. The first-order valence-electron chi connectivity index (χ1n) is 10.8. The highest BCUT2D eigenvalue weighted by atomic mass is 16.5. The Bertz CT molecular complexity index is 1190. The fraction of sp³-hybridized carbons (Fsp3) is 0.375. The van der Waals surface area contributed by atoms with E-state index in [0.717, 1.165) is 35.7 Å². The molecule has 166 valence electrons. The lowest BCUT2D eigenvalue weighted by Gasteiger charge is -2.26. The molecule has 2 heterocycles. The Hall–Kier alpha value is -3.41. The van der Waals surface area contributed by atoms with E-state index in [4.69, 9.17) is 10.5 Å². The molecule has 1 saturated carbocycles. The highest BCUT2D eigenvalue weighted by Gasteiger charge is 2.26. The zero-order chi connectivity index (χ0) is 22.6. The van der Waals surface area contributed by atoms with E-state index in [1.54, 1.807) is 23.9 Å². The number of nitrogens with two attached hydrogens (primary N) is 1. The van der Waals surface area contributed by atoms with Crippen LogP contribution in [0.25, 0.3) is 16.7 Å². The fourth-order valence-electron chi connectivity index (χ4n) is 3.99. The van der Waals surface area contributed by atoms with Gasteiger partial charge < -0.3 is 20.9 Å². The van der Waals surface area contributed by atoms with Crippen molar-refractivity contribution in [1.82, 2.24) is 19.9 Å². The van der Waals surface area contributed by atoms with Crippen LogP contribution in [0.3, 0.4) is 0 Å². The largest absolute Gasteiger partial charge is 0.383 e. The summed E-state index contributed by atoms with van der Waals surface area (Å²) in [5.41, 5.74) is 6.82. The van der Waals surface area contributed by atoms with Gasteiger partial charge in [-0.15, -0.1) is 0 Å². The number of aromatic nitrogens is 3. The molecular formula is C24H27N5O3. The van der Waals surface area contributed by atoms with Crippen molar-refractivity contribution in [3.63, 3.8) is 0 Å². The first-order chi connectivity index (χ1) is 15.5. The van der Waals surface area contributed by atoms with E-state index in [2.05, 4.69) is 27.1 Å². The number of benzene rings is 1. The Kier molecular flexibility index (Phi) is 6.40. The van der Waals surface area contributed by atoms with Crippen molar-refractivity contribution in [3.05, 3.63) is 47.8 Å². The van der Waals surface area contributed by atoms with E-state index in [-0.39, 0.29) is 11.9 Å². The number of rotatable bonds is 5. The van der Waals surface area contributed by atoms with E-state index in [9.17, 15) is 9.90 Å². The zero-order valence-electron chi connectivity index (χ0n) is 18.1. The lowest BCUT2D eigenvalue weighted by molar-refractivity contribution is 0.0610. The van der Waals surface area contributed by atoms with Crippen LogP contribution in [0, 0.1) is 11.8 Å². The minimum Gasteiger partial charge on any atom is -0.383 e. The summed E-state index contributed by atoms with van der Waals surface area (Å²) in [6.07, 6.45) is 6.07. The molecule has 4 N–H and O–H groups in total. The summed E-state index contributed by atoms with van der Waals surface area (Å²) < 4.78 is 6.77. The number of anilines is 1. The van der Waals surface area contributed by atoms with E-state index < -0.39 is 5.60 Å². The molecule has 3 aromatic rings. The van der Waals surface area contributed by atoms with Gasteiger partial charge in [0.25, 0.3) is 5.91 Å². The molecule has 4 rings (SSSR count). The monoisotopic (exact) mass is 433 g/mol. The molecule has 0 aliphatic heterocycles. The van der Waals surface area contributed by atoms with Gasteiger partial charge in [-0.3, -0.25) is 9.36 Å². The summed E-state index contributed by atoms with van der Waals surface area (Å²) in [7, 11) is 1.58. The van der Waals surface area contributed by atoms with Crippen LogP contribution in [-0.2, 0) is 4.74 Å². The van der Waals surface area contributed by atoms with Gasteiger partial charge in [-0.05, 0) is 49.9 Å². The van der Waals surface area contributed by atoms with Crippen LogP contribution in [-0.4, -0.2) is 51.4 Å². The SMILES string of the molecule is COCCNC(=O)c1cc2ccc(C#CC3(O)CCCCC3)cc2n1-c1ccnc(N)n1. The van der Waals surface area contributed by atoms with E-state index in [0.29, 0.717) is 37.5 Å². The third-order valence-electron chi connectivity index (χ3n) is 5.64. The van der Waals surface area contributed by atoms with Crippen molar-refractivity contribution >= 4 is 22.8 Å². The number of ether oxygens (including phenoxy) is 1. The number of fused-ring (bicyclic) bond motifs is 1. The molecule has 2 aromatic heterocycles. The molecule has 1 amide bonds. The lowest BCUT2D eigenvalue weighted by atomic mass is 9.85. The van der Waals surface area contributed by atoms with Crippen molar-refractivity contribution in [1.29, 1.82) is 0 Å². The third kappa shape index (κ3) is 4.74. The van der Waals surface area contributed by atoms with Crippen LogP contribution in [0.15, 0.2) is 36.5 Å². The minimum absolute atomic E-state index is 0.116. The smallest absolute Gasteiger partial charge is 0.268 e. The number of hydrogen-bond acceptors (Lipinski definition) is 6. The molecule has 0 bridgehead atoms. The zero-order valence-corrected chi connectivity index (χ0v) is 18.1. The van der Waals surface area contributed by atoms with Crippen LogP contribution in [0.1, 0.15) is 48.2 Å². The second-order valence-electron chi connectivity index (χ2n) is 8.00. The van der Waals surface area contributed by atoms with Gasteiger partial charge in [0.1, 0.15) is 17.1 Å². The molecule has 1 fully saturated rings. The van der Waals surface area contributed by atoms with Gasteiger partial charge in [-0.2, -0.15) is 4.98 Å². The number of amides is 1. The highest BCUT2D eigenvalue weighted by molar-refractivity contribution is 6.00. The minimum atomic E-state index is -0.928. The van der Waals surface area contributed by atoms with Gasteiger partial charge in [-0.25, -0.2) is 4.98 Å². The predicted octanol–water partition coefficient (Wildman–Crippen LogP) is 2.43. The number of nitrogen functional groups attached to an aromatic ring is 1. The van der Waals surface area contributed by atoms with E-state index in [1.807, 2.05) is 24.3 Å². The maximum Gasteiger partial charge on any atom is 0.268 e. The standard InChI is InChI=1S/C24H27N5O3/c1-32-14-13-26-22(30)20-16-18-6-5-17(7-11-24(31)9-3-2-4-10-24)15-19(18)29(20)21-8-12-27-23(25)28-21/h5-6,8,12,15-16,31H,2-4,9-10,13-14H2,1H3,(H,26,30)(H2,25,27,28). The van der Waals surface area contributed by atoms with Crippen molar-refractivity contribution in [2.24, 2.45) is 0 Å². The fourth-order valence-corrected chi connectivity index (χ4v) is 3.99. The number of nitrogens with zero attached hydrogens (tertiary/aromatic N) is 3. The van der Waals surface area contributed by atoms with Crippen molar-refractivity contribution in [3.8, 4) is 17.7 Å². The number of nitrogens with one attached hydrogen (secondary N) is 1. The number of carbonyl (C=O) groups is 1. The first kappa shape index (κ1) is 21.8. The van der Waals surface area contributed by atoms with Crippen LogP contribution in [0.5, 0.6) is 0 Å². The van der Waals surface area contributed by atoms with Gasteiger partial charge in [0, 0.05) is 30.8 Å². The molecule has 0 spiro atoms. The van der Waals surface area contributed by atoms with Gasteiger partial charge in [0.15, 0.2) is 0 Å². The molecule has 8 nitrogen and oxygen atoms in total. The summed E-state index contributed by atoms with van der Waals surface area (Å²) in [4.78, 5) is 21.2. The Morgan fingerprint density at radius 1 is 1.28 bits per heavy atom. The van der Waals surface area contributed by atoms with Gasteiger partial charge in [0.05, 0.1) is 12.1 Å². The molecular weight excluding hydrogens is 406 g/mol. The maximum absolute atomic E-state index is 12.9. The predicted molar refractivity (Wildman–Crippen MR) is 122 cm³/mol. The number of methoxy groups -OCH3 is 1. The van der Waals surface area contributed by atoms with E-state index >= 15 is 0 Å². The highest BCUT2D eigenvalue weighted by Crippen LogP contribution is 2.28. The van der Waals surface area contributed by atoms with Gasteiger partial charge in [-0.1, -0.05) is 24.3 Å². The molecule has 0 radical (unpaired) electrons. The second kappa shape index (κ2) is 9.39. The Balaban J connectivity index is 1.77. The maximum atomic E-state index is 12.9. The van der Waals surface area contributed by atoms with Crippen LogP contribution in [0.2, 0.25) is 0 Å². The number of carbonyl (C=O) groups excluding carboxylic acids is 1. The second-order valence-corrected chi connectivity index (χ2v) is 8.00. The molecule has 1 aromatic carbocycles. The first-order valence-corrected chi connectivity index (χ1v) is 10.8. The summed E-state index contributed by atoms with van der Waals surface area (Å²) in [6, 6.07) is 9.22. The number of hydrogen-bond donors (Lipinski definition) is 3. The Morgan fingerprint density at radius 2 is 2.09 bits per heavy atom. The van der Waals surface area contributed by atoms with E-state index in [1.165, 1.54) is 0 Å². The molecule has 1 aliphatic carbocycles. The summed E-state index contributed by atoms with van der Waals surface area (Å²) in [5.74, 6) is 6.55. The van der Waals surface area contributed by atoms with Crippen molar-refractivity contribution in [2.75, 3.05) is 26.0 Å². The van der Waals surface area contributed by atoms with Crippen molar-refractivity contribution < 1.29 is 14.6 Å². The van der Waals surface area contributed by atoms with Gasteiger partial charge in [0.2, 0.25) is 5.95 Å². The number of aliphatic hydroxyl groups is 1. The van der Waals surface area contributed by atoms with Crippen LogP contribution < -0.4 is 11.1 Å². The average molecular weight is 434 g/mol.